The standard InChI is InChI=1S/C19H19NO8/c1-13(27-17-9-4-3-8-16(17)20(23)24)18(21)28-15-7-5-6-14(12-15)19(22)26-11-10-25-2/h3-9,12-13H,10-11H2,1-2H3. The number of hydrogen-bond donors (Lipinski definition) is 0. The van der Waals surface area contributed by atoms with E-state index in [9.17, 15) is 19.7 Å². The zero-order valence-corrected chi connectivity index (χ0v) is 15.3. The van der Waals surface area contributed by atoms with Gasteiger partial charge in [-0.2, -0.15) is 0 Å². The van der Waals surface area contributed by atoms with Gasteiger partial charge in [-0.1, -0.05) is 18.2 Å². The zero-order valence-electron chi connectivity index (χ0n) is 15.3. The van der Waals surface area contributed by atoms with Crippen molar-refractivity contribution in [3.05, 3.63) is 64.2 Å². The Morgan fingerprint density at radius 2 is 1.86 bits per heavy atom. The molecule has 2 aromatic carbocycles. The summed E-state index contributed by atoms with van der Waals surface area (Å²) in [6.07, 6.45) is -1.11. The lowest BCUT2D eigenvalue weighted by molar-refractivity contribution is -0.386. The fraction of sp³-hybridized carbons (Fsp3) is 0.263. The summed E-state index contributed by atoms with van der Waals surface area (Å²) in [5.41, 5.74) is -0.0587. The van der Waals surface area contributed by atoms with E-state index in [2.05, 4.69) is 0 Å². The average molecular weight is 389 g/mol. The van der Waals surface area contributed by atoms with Crippen molar-refractivity contribution < 1.29 is 33.5 Å². The molecule has 0 heterocycles. The Hall–Kier alpha value is -3.46. The summed E-state index contributed by atoms with van der Waals surface area (Å²) in [6.45, 7) is 1.77. The second kappa shape index (κ2) is 10.0. The van der Waals surface area contributed by atoms with Gasteiger partial charge in [-0.25, -0.2) is 9.59 Å². The minimum atomic E-state index is -1.11. The first-order chi connectivity index (χ1) is 13.4. The van der Waals surface area contributed by atoms with Crippen molar-refractivity contribution in [1.82, 2.24) is 0 Å². The molecule has 9 nitrogen and oxygen atoms in total. The van der Waals surface area contributed by atoms with Gasteiger partial charge in [0.25, 0.3) is 0 Å². The van der Waals surface area contributed by atoms with E-state index in [1.165, 1.54) is 56.5 Å². The highest BCUT2D eigenvalue weighted by Gasteiger charge is 2.22. The molecule has 0 spiro atoms. The number of ether oxygens (including phenoxy) is 4. The van der Waals surface area contributed by atoms with Crippen molar-refractivity contribution in [3.63, 3.8) is 0 Å². The lowest BCUT2D eigenvalue weighted by Gasteiger charge is -2.14. The number of esters is 2. The highest BCUT2D eigenvalue weighted by atomic mass is 16.6. The number of nitrogens with zero attached hydrogens (tertiary/aromatic N) is 1. The van der Waals surface area contributed by atoms with E-state index >= 15 is 0 Å². The zero-order chi connectivity index (χ0) is 20.5. The molecule has 0 radical (unpaired) electrons. The highest BCUT2D eigenvalue weighted by Crippen LogP contribution is 2.27. The number of para-hydroxylation sites is 2. The Labute approximate surface area is 160 Å². The number of methoxy groups -OCH3 is 1. The fourth-order valence-corrected chi connectivity index (χ4v) is 2.13. The molecule has 0 fully saturated rings. The van der Waals surface area contributed by atoms with Gasteiger partial charge in [0.1, 0.15) is 12.4 Å². The first-order valence-electron chi connectivity index (χ1n) is 8.30. The smallest absolute Gasteiger partial charge is 0.352 e. The number of benzene rings is 2. The van der Waals surface area contributed by atoms with Gasteiger partial charge in [0, 0.05) is 13.2 Å². The van der Waals surface area contributed by atoms with Crippen molar-refractivity contribution in [2.24, 2.45) is 0 Å². The molecule has 148 valence electrons. The van der Waals surface area contributed by atoms with Crippen LogP contribution in [0.5, 0.6) is 11.5 Å². The maximum Gasteiger partial charge on any atom is 0.352 e. The minimum Gasteiger partial charge on any atom is -0.472 e. The van der Waals surface area contributed by atoms with Crippen molar-refractivity contribution in [3.8, 4) is 11.5 Å². The molecule has 2 aromatic rings. The number of carbonyl (C=O) groups excluding carboxylic acids is 2. The van der Waals surface area contributed by atoms with E-state index in [1.807, 2.05) is 0 Å². The molecular formula is C19H19NO8. The molecule has 0 saturated carbocycles. The molecule has 9 heteroatoms. The quantitative estimate of drug-likeness (QED) is 0.211. The number of rotatable bonds is 9. The Kier molecular flexibility index (Phi) is 7.46. The third kappa shape index (κ3) is 5.78. The molecular weight excluding hydrogens is 370 g/mol. The first kappa shape index (κ1) is 20.8. The number of nitro groups is 1. The summed E-state index contributed by atoms with van der Waals surface area (Å²) in [7, 11) is 1.49. The van der Waals surface area contributed by atoms with Crippen LogP contribution in [0, 0.1) is 10.1 Å². The van der Waals surface area contributed by atoms with Crippen LogP contribution >= 0.6 is 0 Å². The Bertz CT molecular complexity index is 851. The summed E-state index contributed by atoms with van der Waals surface area (Å²) < 4.78 is 20.4. The Morgan fingerprint density at radius 3 is 2.57 bits per heavy atom. The van der Waals surface area contributed by atoms with E-state index in [0.717, 1.165) is 0 Å². The number of carbonyl (C=O) groups is 2. The first-order valence-corrected chi connectivity index (χ1v) is 8.30. The molecule has 28 heavy (non-hydrogen) atoms. The molecule has 0 bridgehead atoms. The molecule has 1 unspecified atom stereocenters. The van der Waals surface area contributed by atoms with Gasteiger partial charge in [0.15, 0.2) is 11.9 Å². The van der Waals surface area contributed by atoms with Crippen LogP contribution < -0.4 is 9.47 Å². The maximum absolute atomic E-state index is 12.2. The van der Waals surface area contributed by atoms with Crippen LogP contribution in [0.2, 0.25) is 0 Å². The Balaban J connectivity index is 2.01. The van der Waals surface area contributed by atoms with Crippen LogP contribution in [-0.2, 0) is 14.3 Å². The maximum atomic E-state index is 12.2. The molecule has 1 atom stereocenters. The van der Waals surface area contributed by atoms with E-state index in [0.29, 0.717) is 0 Å². The summed E-state index contributed by atoms with van der Waals surface area (Å²) in [4.78, 5) is 34.6. The monoisotopic (exact) mass is 389 g/mol. The third-order valence-electron chi connectivity index (χ3n) is 3.51. The van der Waals surface area contributed by atoms with Gasteiger partial charge in [-0.15, -0.1) is 0 Å². The van der Waals surface area contributed by atoms with Crippen molar-refractivity contribution in [1.29, 1.82) is 0 Å². The second-order valence-corrected chi connectivity index (χ2v) is 5.56. The van der Waals surface area contributed by atoms with Crippen LogP contribution in [0.1, 0.15) is 17.3 Å². The van der Waals surface area contributed by atoms with Crippen LogP contribution in [-0.4, -0.2) is 43.3 Å². The van der Waals surface area contributed by atoms with Crippen LogP contribution in [0.4, 0.5) is 5.69 Å². The average Bonchev–Trinajstić information content (AvgIpc) is 2.68. The molecule has 2 rings (SSSR count). The van der Waals surface area contributed by atoms with Crippen molar-refractivity contribution in [2.75, 3.05) is 20.3 Å². The summed E-state index contributed by atoms with van der Waals surface area (Å²) in [5, 5.41) is 11.0. The number of nitro benzene ring substituents is 1. The molecule has 0 aliphatic carbocycles. The summed E-state index contributed by atoms with van der Waals surface area (Å²) >= 11 is 0. The topological polar surface area (TPSA) is 114 Å². The summed E-state index contributed by atoms with van der Waals surface area (Å²) in [6, 6.07) is 11.6. The van der Waals surface area contributed by atoms with Gasteiger partial charge >= 0.3 is 17.6 Å². The molecule has 0 saturated heterocycles. The van der Waals surface area contributed by atoms with Gasteiger partial charge in [0.2, 0.25) is 0 Å². The fourth-order valence-electron chi connectivity index (χ4n) is 2.13. The van der Waals surface area contributed by atoms with Crippen molar-refractivity contribution >= 4 is 17.6 Å². The third-order valence-corrected chi connectivity index (χ3v) is 3.51. The molecule has 0 aromatic heterocycles. The summed E-state index contributed by atoms with van der Waals surface area (Å²) in [5.74, 6) is -1.29. The SMILES string of the molecule is COCCOC(=O)c1cccc(OC(=O)C(C)Oc2ccccc2[N+](=O)[O-])c1. The van der Waals surface area contributed by atoms with E-state index in [1.54, 1.807) is 6.07 Å². The Morgan fingerprint density at radius 1 is 1.11 bits per heavy atom. The predicted molar refractivity (Wildman–Crippen MR) is 97.4 cm³/mol. The van der Waals surface area contributed by atoms with E-state index < -0.39 is 23.0 Å². The van der Waals surface area contributed by atoms with Crippen LogP contribution in [0.25, 0.3) is 0 Å². The molecule has 0 aliphatic rings. The second-order valence-electron chi connectivity index (χ2n) is 5.56. The highest BCUT2D eigenvalue weighted by molar-refractivity contribution is 5.90. The van der Waals surface area contributed by atoms with E-state index in [-0.39, 0.29) is 36.0 Å². The minimum absolute atomic E-state index is 0.0487. The van der Waals surface area contributed by atoms with Gasteiger partial charge in [-0.3, -0.25) is 10.1 Å². The molecule has 0 N–H and O–H groups in total. The largest absolute Gasteiger partial charge is 0.472 e. The van der Waals surface area contributed by atoms with Gasteiger partial charge in [0.05, 0.1) is 17.1 Å². The lowest BCUT2D eigenvalue weighted by Crippen LogP contribution is -2.28. The van der Waals surface area contributed by atoms with E-state index in [4.69, 9.17) is 18.9 Å². The van der Waals surface area contributed by atoms with Crippen LogP contribution in [0.15, 0.2) is 48.5 Å². The van der Waals surface area contributed by atoms with Crippen molar-refractivity contribution in [2.45, 2.75) is 13.0 Å². The number of hydrogen-bond acceptors (Lipinski definition) is 8. The van der Waals surface area contributed by atoms with Gasteiger partial charge < -0.3 is 18.9 Å². The predicted octanol–water partition coefficient (Wildman–Crippen LogP) is 2.77. The van der Waals surface area contributed by atoms with Crippen LogP contribution in [0.3, 0.4) is 0 Å². The normalized spacial score (nSPS) is 11.4. The molecule has 0 aliphatic heterocycles. The lowest BCUT2D eigenvalue weighted by atomic mass is 10.2. The molecule has 0 amide bonds. The van der Waals surface area contributed by atoms with Gasteiger partial charge in [-0.05, 0) is 31.2 Å².